The Kier molecular flexibility index (Phi) is 5.01. The Morgan fingerprint density at radius 3 is 2.90 bits per heavy atom. The van der Waals surface area contributed by atoms with Gasteiger partial charge in [-0.2, -0.15) is 0 Å². The molecule has 0 radical (unpaired) electrons. The van der Waals surface area contributed by atoms with E-state index in [4.69, 9.17) is 9.47 Å². The maximum atomic E-state index is 11.5. The normalized spacial score (nSPS) is 14.4. The summed E-state index contributed by atoms with van der Waals surface area (Å²) in [6.45, 7) is 7.47. The molecule has 1 aromatic carbocycles. The lowest BCUT2D eigenvalue weighted by molar-refractivity contribution is -0.120. The van der Waals surface area contributed by atoms with Gasteiger partial charge in [0.25, 0.3) is 0 Å². The van der Waals surface area contributed by atoms with Gasteiger partial charge >= 0.3 is 0 Å². The van der Waals surface area contributed by atoms with Crippen molar-refractivity contribution in [3.63, 3.8) is 0 Å². The molecule has 1 heterocycles. The van der Waals surface area contributed by atoms with Crippen molar-refractivity contribution >= 4 is 5.91 Å². The molecule has 0 saturated heterocycles. The lowest BCUT2D eigenvalue weighted by atomic mass is 10.1. The number of amides is 1. The van der Waals surface area contributed by atoms with Crippen molar-refractivity contribution in [1.29, 1.82) is 0 Å². The topological polar surface area (TPSA) is 59.6 Å². The summed E-state index contributed by atoms with van der Waals surface area (Å²) in [5.74, 6) is 1.49. The lowest BCUT2D eigenvalue weighted by Crippen LogP contribution is -2.35. The average Bonchev–Trinajstić information content (AvgIpc) is 2.50. The number of hydrogen-bond acceptors (Lipinski definition) is 4. The molecule has 2 N–H and O–H groups in total. The van der Waals surface area contributed by atoms with E-state index in [0.717, 1.165) is 17.1 Å². The second-order valence-corrected chi connectivity index (χ2v) is 4.60. The molecule has 0 aromatic heterocycles. The maximum Gasteiger partial charge on any atom is 0.234 e. The first-order valence-electron chi connectivity index (χ1n) is 6.71. The number of fused-ring (bicyclic) bond motifs is 1. The summed E-state index contributed by atoms with van der Waals surface area (Å²) in [4.78, 5) is 11.5. The molecule has 0 aliphatic carbocycles. The summed E-state index contributed by atoms with van der Waals surface area (Å²) >= 11 is 0. The number of benzene rings is 1. The molecule has 20 heavy (non-hydrogen) atoms. The van der Waals surface area contributed by atoms with Crippen molar-refractivity contribution in [2.24, 2.45) is 0 Å². The highest BCUT2D eigenvalue weighted by Crippen LogP contribution is 2.32. The third kappa shape index (κ3) is 3.74. The van der Waals surface area contributed by atoms with Crippen LogP contribution in [-0.2, 0) is 4.79 Å². The number of carbonyl (C=O) groups is 1. The minimum Gasteiger partial charge on any atom is -0.486 e. The third-order valence-electron chi connectivity index (χ3n) is 3.08. The molecule has 1 aliphatic rings. The Bertz CT molecular complexity index is 488. The molecule has 0 bridgehead atoms. The van der Waals surface area contributed by atoms with Crippen molar-refractivity contribution in [3.05, 3.63) is 36.4 Å². The van der Waals surface area contributed by atoms with Crippen LogP contribution in [0.15, 0.2) is 30.9 Å². The van der Waals surface area contributed by atoms with E-state index in [2.05, 4.69) is 17.2 Å². The van der Waals surface area contributed by atoms with E-state index >= 15 is 0 Å². The van der Waals surface area contributed by atoms with Crippen LogP contribution in [0.3, 0.4) is 0 Å². The van der Waals surface area contributed by atoms with Gasteiger partial charge in [-0.1, -0.05) is 12.1 Å². The second kappa shape index (κ2) is 6.96. The molecule has 0 fully saturated rings. The first-order chi connectivity index (χ1) is 9.70. The molecule has 1 aliphatic heterocycles. The van der Waals surface area contributed by atoms with Gasteiger partial charge in [0.1, 0.15) is 13.2 Å². The van der Waals surface area contributed by atoms with Gasteiger partial charge in [0.05, 0.1) is 6.54 Å². The SMILES string of the molecule is C=CCNC(=O)CN[C@@H](C)c1ccc2c(c1)OCCO2. The van der Waals surface area contributed by atoms with Gasteiger partial charge in [0.15, 0.2) is 11.5 Å². The maximum absolute atomic E-state index is 11.5. The van der Waals surface area contributed by atoms with E-state index in [1.807, 2.05) is 25.1 Å². The second-order valence-electron chi connectivity index (χ2n) is 4.60. The molecular weight excluding hydrogens is 256 g/mol. The van der Waals surface area contributed by atoms with Crippen LogP contribution < -0.4 is 20.1 Å². The minimum atomic E-state index is -0.0470. The Hall–Kier alpha value is -2.01. The molecule has 0 saturated carbocycles. The van der Waals surface area contributed by atoms with Gasteiger partial charge in [-0.05, 0) is 24.6 Å². The van der Waals surface area contributed by atoms with Gasteiger partial charge < -0.3 is 20.1 Å². The van der Waals surface area contributed by atoms with Crippen LogP contribution in [0.25, 0.3) is 0 Å². The molecule has 1 atom stereocenters. The van der Waals surface area contributed by atoms with Crippen molar-refractivity contribution in [2.75, 3.05) is 26.3 Å². The Morgan fingerprint density at radius 1 is 1.40 bits per heavy atom. The average molecular weight is 276 g/mol. The number of nitrogens with one attached hydrogen (secondary N) is 2. The lowest BCUT2D eigenvalue weighted by Gasteiger charge is -2.21. The van der Waals surface area contributed by atoms with E-state index in [1.165, 1.54) is 0 Å². The molecular formula is C15H20N2O3. The van der Waals surface area contributed by atoms with E-state index in [0.29, 0.717) is 19.8 Å². The summed E-state index contributed by atoms with van der Waals surface area (Å²) in [5, 5.41) is 5.90. The highest BCUT2D eigenvalue weighted by molar-refractivity contribution is 5.78. The predicted molar refractivity (Wildman–Crippen MR) is 77.1 cm³/mol. The summed E-state index contributed by atoms with van der Waals surface area (Å²) < 4.78 is 11.0. The van der Waals surface area contributed by atoms with Crippen molar-refractivity contribution in [3.8, 4) is 11.5 Å². The Labute approximate surface area is 119 Å². The van der Waals surface area contributed by atoms with Crippen LogP contribution in [-0.4, -0.2) is 32.2 Å². The molecule has 5 heteroatoms. The summed E-state index contributed by atoms with van der Waals surface area (Å²) in [6, 6.07) is 5.89. The smallest absolute Gasteiger partial charge is 0.234 e. The quantitative estimate of drug-likeness (QED) is 0.771. The molecule has 1 aromatic rings. The van der Waals surface area contributed by atoms with E-state index in [-0.39, 0.29) is 18.5 Å². The zero-order valence-electron chi connectivity index (χ0n) is 11.6. The van der Waals surface area contributed by atoms with Crippen molar-refractivity contribution in [1.82, 2.24) is 10.6 Å². The zero-order valence-corrected chi connectivity index (χ0v) is 11.6. The first kappa shape index (κ1) is 14.4. The standard InChI is InChI=1S/C15H20N2O3/c1-3-6-16-15(18)10-17-11(2)12-4-5-13-14(9-12)20-8-7-19-13/h3-5,9,11,17H,1,6-8,10H2,2H3,(H,16,18)/t11-/m0/s1. The van der Waals surface area contributed by atoms with E-state index in [1.54, 1.807) is 6.08 Å². The van der Waals surface area contributed by atoms with Crippen LogP contribution in [0.4, 0.5) is 0 Å². The Balaban J connectivity index is 1.90. The molecule has 108 valence electrons. The van der Waals surface area contributed by atoms with Crippen LogP contribution in [0.2, 0.25) is 0 Å². The molecule has 2 rings (SSSR count). The molecule has 0 unspecified atom stereocenters. The highest BCUT2D eigenvalue weighted by Gasteiger charge is 2.14. The van der Waals surface area contributed by atoms with Gasteiger partial charge in [-0.3, -0.25) is 4.79 Å². The van der Waals surface area contributed by atoms with Crippen molar-refractivity contribution in [2.45, 2.75) is 13.0 Å². The van der Waals surface area contributed by atoms with E-state index < -0.39 is 0 Å². The van der Waals surface area contributed by atoms with Crippen LogP contribution in [0.1, 0.15) is 18.5 Å². The fourth-order valence-electron chi connectivity index (χ4n) is 1.94. The Morgan fingerprint density at radius 2 is 2.15 bits per heavy atom. The van der Waals surface area contributed by atoms with Crippen molar-refractivity contribution < 1.29 is 14.3 Å². The fraction of sp³-hybridized carbons (Fsp3) is 0.400. The minimum absolute atomic E-state index is 0.0470. The highest BCUT2D eigenvalue weighted by atomic mass is 16.6. The van der Waals surface area contributed by atoms with Gasteiger partial charge in [0, 0.05) is 12.6 Å². The van der Waals surface area contributed by atoms with E-state index in [9.17, 15) is 4.79 Å². The molecule has 1 amide bonds. The number of rotatable bonds is 6. The summed E-state index contributed by atoms with van der Waals surface area (Å²) in [6.07, 6.45) is 1.65. The van der Waals surface area contributed by atoms with Gasteiger partial charge in [0.2, 0.25) is 5.91 Å². The molecule has 0 spiro atoms. The number of hydrogen-bond donors (Lipinski definition) is 2. The fourth-order valence-corrected chi connectivity index (χ4v) is 1.94. The van der Waals surface area contributed by atoms with Crippen LogP contribution in [0.5, 0.6) is 11.5 Å². The van der Waals surface area contributed by atoms with Gasteiger partial charge in [-0.25, -0.2) is 0 Å². The molecule has 5 nitrogen and oxygen atoms in total. The van der Waals surface area contributed by atoms with Crippen LogP contribution in [0, 0.1) is 0 Å². The third-order valence-corrected chi connectivity index (χ3v) is 3.08. The first-order valence-corrected chi connectivity index (χ1v) is 6.71. The van der Waals surface area contributed by atoms with Gasteiger partial charge in [-0.15, -0.1) is 6.58 Å². The number of carbonyl (C=O) groups excluding carboxylic acids is 1. The number of ether oxygens (including phenoxy) is 2. The summed E-state index contributed by atoms with van der Waals surface area (Å²) in [5.41, 5.74) is 1.06. The van der Waals surface area contributed by atoms with Crippen LogP contribution >= 0.6 is 0 Å². The largest absolute Gasteiger partial charge is 0.486 e. The summed E-state index contributed by atoms with van der Waals surface area (Å²) in [7, 11) is 0. The monoisotopic (exact) mass is 276 g/mol. The zero-order chi connectivity index (χ0) is 14.4. The predicted octanol–water partition coefficient (Wildman–Crippen LogP) is 1.41.